The Morgan fingerprint density at radius 3 is 1.17 bits per heavy atom. The van der Waals surface area contributed by atoms with Crippen molar-refractivity contribution in [3.8, 4) is 22.3 Å². The molecule has 0 aliphatic heterocycles. The molecule has 0 radical (unpaired) electrons. The lowest BCUT2D eigenvalue weighted by atomic mass is 10.0. The third-order valence-corrected chi connectivity index (χ3v) is 9.47. The fourth-order valence-corrected chi connectivity index (χ4v) is 7.76. The van der Waals surface area contributed by atoms with Gasteiger partial charge in [-0.25, -0.2) is 0 Å². The van der Waals surface area contributed by atoms with Crippen molar-refractivity contribution in [2.75, 3.05) is 0 Å². The second kappa shape index (κ2) is 7.76. The zero-order valence-corrected chi connectivity index (χ0v) is 21.0. The minimum absolute atomic E-state index is 1.27. The molecule has 0 saturated carbocycles. The summed E-state index contributed by atoms with van der Waals surface area (Å²) in [7, 11) is 0. The Bertz CT molecular complexity index is 1920. The molecule has 8 rings (SSSR count). The van der Waals surface area contributed by atoms with Gasteiger partial charge in [0, 0.05) is 40.3 Å². The molecular formula is C34H20S2. The van der Waals surface area contributed by atoms with E-state index in [-0.39, 0.29) is 0 Å². The van der Waals surface area contributed by atoms with Gasteiger partial charge in [-0.15, -0.1) is 22.7 Å². The van der Waals surface area contributed by atoms with Gasteiger partial charge in [-0.05, 0) is 69.4 Å². The monoisotopic (exact) mass is 492 g/mol. The molecule has 168 valence electrons. The van der Waals surface area contributed by atoms with E-state index in [0.717, 1.165) is 0 Å². The second-order valence-electron chi connectivity index (χ2n) is 9.40. The van der Waals surface area contributed by atoms with Crippen LogP contribution < -0.4 is 0 Å². The van der Waals surface area contributed by atoms with E-state index < -0.39 is 0 Å². The van der Waals surface area contributed by atoms with Crippen LogP contribution in [0.25, 0.3) is 73.4 Å². The van der Waals surface area contributed by atoms with Gasteiger partial charge in [0.25, 0.3) is 0 Å². The summed E-state index contributed by atoms with van der Waals surface area (Å²) in [6.07, 6.45) is 0. The molecule has 2 heteroatoms. The Morgan fingerprint density at radius 2 is 0.722 bits per heavy atom. The first kappa shape index (κ1) is 20.2. The van der Waals surface area contributed by atoms with Gasteiger partial charge in [0.2, 0.25) is 0 Å². The van der Waals surface area contributed by atoms with Crippen molar-refractivity contribution in [1.82, 2.24) is 0 Å². The third-order valence-electron chi connectivity index (χ3n) is 7.23. The SMILES string of the molecule is c1ccc(-c2ccc3c(c2)sc2cc4cc5c(cc4cc23)sc2cc(-c3ccccc3)ccc25)cc1. The predicted octanol–water partition coefficient (Wildman–Crippen LogP) is 10.9. The van der Waals surface area contributed by atoms with E-state index in [1.807, 2.05) is 22.7 Å². The molecule has 0 N–H and O–H groups in total. The number of benzene rings is 6. The highest BCUT2D eigenvalue weighted by Gasteiger charge is 2.12. The van der Waals surface area contributed by atoms with Crippen LogP contribution in [0, 0.1) is 0 Å². The minimum atomic E-state index is 1.27. The first-order valence-electron chi connectivity index (χ1n) is 12.2. The molecule has 0 amide bonds. The normalized spacial score (nSPS) is 11.9. The predicted molar refractivity (Wildman–Crippen MR) is 161 cm³/mol. The highest BCUT2D eigenvalue weighted by molar-refractivity contribution is 7.26. The molecule has 0 spiro atoms. The van der Waals surface area contributed by atoms with Crippen molar-refractivity contribution in [2.45, 2.75) is 0 Å². The molecule has 0 unspecified atom stereocenters. The quantitative estimate of drug-likeness (QED) is 0.225. The van der Waals surface area contributed by atoms with Crippen molar-refractivity contribution in [3.63, 3.8) is 0 Å². The van der Waals surface area contributed by atoms with Crippen LogP contribution >= 0.6 is 22.7 Å². The molecule has 0 atom stereocenters. The molecule has 0 aliphatic rings. The molecule has 0 fully saturated rings. The van der Waals surface area contributed by atoms with Crippen molar-refractivity contribution >= 4 is 73.8 Å². The van der Waals surface area contributed by atoms with Gasteiger partial charge in [-0.3, -0.25) is 0 Å². The van der Waals surface area contributed by atoms with Crippen LogP contribution in [0.15, 0.2) is 121 Å². The van der Waals surface area contributed by atoms with Crippen molar-refractivity contribution in [2.24, 2.45) is 0 Å². The molecule has 0 nitrogen and oxygen atoms in total. The van der Waals surface area contributed by atoms with E-state index in [1.165, 1.54) is 73.4 Å². The van der Waals surface area contributed by atoms with Crippen LogP contribution in [-0.2, 0) is 0 Å². The second-order valence-corrected chi connectivity index (χ2v) is 11.6. The van der Waals surface area contributed by atoms with Crippen molar-refractivity contribution in [1.29, 1.82) is 0 Å². The van der Waals surface area contributed by atoms with Crippen molar-refractivity contribution in [3.05, 3.63) is 121 Å². The van der Waals surface area contributed by atoms with Crippen LogP contribution in [-0.4, -0.2) is 0 Å². The van der Waals surface area contributed by atoms with Crippen LogP contribution in [0.2, 0.25) is 0 Å². The van der Waals surface area contributed by atoms with Crippen LogP contribution in [0.5, 0.6) is 0 Å². The summed E-state index contributed by atoms with van der Waals surface area (Å²) in [5.74, 6) is 0. The molecule has 36 heavy (non-hydrogen) atoms. The smallest absolute Gasteiger partial charge is 0.0361 e. The van der Waals surface area contributed by atoms with E-state index in [9.17, 15) is 0 Å². The molecule has 2 aromatic heterocycles. The fourth-order valence-electron chi connectivity index (χ4n) is 5.41. The summed E-state index contributed by atoms with van der Waals surface area (Å²) in [6.45, 7) is 0. The number of thiophene rings is 2. The fraction of sp³-hybridized carbons (Fsp3) is 0. The number of hydrogen-bond acceptors (Lipinski definition) is 2. The lowest BCUT2D eigenvalue weighted by Crippen LogP contribution is -1.77. The maximum Gasteiger partial charge on any atom is 0.0361 e. The van der Waals surface area contributed by atoms with Gasteiger partial charge in [0.15, 0.2) is 0 Å². The van der Waals surface area contributed by atoms with Gasteiger partial charge in [0.05, 0.1) is 0 Å². The summed E-state index contributed by atoms with van der Waals surface area (Å²) in [5, 5.41) is 8.04. The Morgan fingerprint density at radius 1 is 0.306 bits per heavy atom. The Kier molecular flexibility index (Phi) is 4.36. The summed E-state index contributed by atoms with van der Waals surface area (Å²) < 4.78 is 5.41. The number of hydrogen-bond donors (Lipinski definition) is 0. The highest BCUT2D eigenvalue weighted by Crippen LogP contribution is 2.42. The lowest BCUT2D eigenvalue weighted by Gasteiger charge is -2.03. The van der Waals surface area contributed by atoms with Gasteiger partial charge >= 0.3 is 0 Å². The standard InChI is InChI=1S/C34H20S2/c1-3-7-21(8-4-1)23-11-13-27-29-15-25-20-34-30(16-26(25)19-33(29)35-31(27)17-23)28-14-12-24(18-32(28)36-34)22-9-5-2-6-10-22/h1-20H. The molecule has 6 aromatic carbocycles. The first-order chi connectivity index (χ1) is 17.8. The molecule has 0 aliphatic carbocycles. The van der Waals surface area contributed by atoms with Crippen LogP contribution in [0.4, 0.5) is 0 Å². The van der Waals surface area contributed by atoms with Crippen LogP contribution in [0.1, 0.15) is 0 Å². The average molecular weight is 493 g/mol. The lowest BCUT2D eigenvalue weighted by molar-refractivity contribution is 1.66. The zero-order valence-electron chi connectivity index (χ0n) is 19.4. The number of fused-ring (bicyclic) bond motifs is 7. The van der Waals surface area contributed by atoms with E-state index in [1.54, 1.807) is 0 Å². The molecule has 8 aromatic rings. The van der Waals surface area contributed by atoms with E-state index >= 15 is 0 Å². The maximum absolute atomic E-state index is 2.39. The highest BCUT2D eigenvalue weighted by atomic mass is 32.1. The van der Waals surface area contributed by atoms with Gasteiger partial charge in [-0.1, -0.05) is 84.9 Å². The van der Waals surface area contributed by atoms with Gasteiger partial charge in [0.1, 0.15) is 0 Å². The van der Waals surface area contributed by atoms with E-state index in [4.69, 9.17) is 0 Å². The Labute approximate surface area is 216 Å². The van der Waals surface area contributed by atoms with Gasteiger partial charge in [-0.2, -0.15) is 0 Å². The Balaban J connectivity index is 1.30. The van der Waals surface area contributed by atoms with Gasteiger partial charge < -0.3 is 0 Å². The molecular weight excluding hydrogens is 473 g/mol. The van der Waals surface area contributed by atoms with Crippen LogP contribution in [0.3, 0.4) is 0 Å². The molecule has 0 bridgehead atoms. The molecule has 2 heterocycles. The minimum Gasteiger partial charge on any atom is -0.135 e. The average Bonchev–Trinajstić information content (AvgIpc) is 3.47. The maximum atomic E-state index is 2.39. The van der Waals surface area contributed by atoms with E-state index in [2.05, 4.69) is 121 Å². The largest absolute Gasteiger partial charge is 0.135 e. The summed E-state index contributed by atoms with van der Waals surface area (Å²) in [6, 6.07) is 44.7. The molecule has 0 saturated heterocycles. The zero-order chi connectivity index (χ0) is 23.6. The third kappa shape index (κ3) is 3.12. The summed E-state index contributed by atoms with van der Waals surface area (Å²) >= 11 is 3.80. The topological polar surface area (TPSA) is 0 Å². The Hall–Kier alpha value is -3.98. The summed E-state index contributed by atoms with van der Waals surface area (Å²) in [4.78, 5) is 0. The van der Waals surface area contributed by atoms with E-state index in [0.29, 0.717) is 0 Å². The number of rotatable bonds is 2. The van der Waals surface area contributed by atoms with Crippen molar-refractivity contribution < 1.29 is 0 Å². The summed E-state index contributed by atoms with van der Waals surface area (Å²) in [5.41, 5.74) is 5.09. The first-order valence-corrected chi connectivity index (χ1v) is 13.8.